The number of rotatable bonds is 3. The normalized spacial score (nSPS) is 17.6. The summed E-state index contributed by atoms with van der Waals surface area (Å²) < 4.78 is 0. The fraction of sp³-hybridized carbons (Fsp3) is 0.333. The second-order valence-electron chi connectivity index (χ2n) is 4.14. The van der Waals surface area contributed by atoms with Gasteiger partial charge in [0.1, 0.15) is 0 Å². The zero-order valence-corrected chi connectivity index (χ0v) is 9.80. The largest absolute Gasteiger partial charge is 0.387 e. The average molecular weight is 249 g/mol. The van der Waals surface area contributed by atoms with Crippen LogP contribution in [-0.4, -0.2) is 36.6 Å². The van der Waals surface area contributed by atoms with Gasteiger partial charge >= 0.3 is 0 Å². The highest BCUT2D eigenvalue weighted by atomic mass is 16.3. The number of piperazine rings is 1. The lowest BCUT2D eigenvalue weighted by Gasteiger charge is -2.30. The number of anilines is 1. The van der Waals surface area contributed by atoms with E-state index < -0.39 is 6.10 Å². The third-order valence-electron chi connectivity index (χ3n) is 2.81. The van der Waals surface area contributed by atoms with Crippen molar-refractivity contribution in [3.63, 3.8) is 0 Å². The molecule has 1 aromatic carbocycles. The molecule has 1 aliphatic heterocycles. The molecule has 6 heteroatoms. The van der Waals surface area contributed by atoms with Gasteiger partial charge in [-0.1, -0.05) is 18.2 Å². The second-order valence-corrected chi connectivity index (χ2v) is 4.14. The molecule has 2 rings (SSSR count). The van der Waals surface area contributed by atoms with Crippen LogP contribution in [0.4, 0.5) is 5.69 Å². The van der Waals surface area contributed by atoms with Crippen molar-refractivity contribution in [2.75, 3.05) is 24.5 Å². The monoisotopic (exact) mass is 249 g/mol. The molecule has 0 spiro atoms. The molecule has 6 nitrogen and oxygen atoms in total. The first-order valence-corrected chi connectivity index (χ1v) is 5.66. The predicted molar refractivity (Wildman–Crippen MR) is 65.8 cm³/mol. The molecule has 1 aromatic rings. The lowest BCUT2D eigenvalue weighted by molar-refractivity contribution is -0.130. The molecule has 96 valence electrons. The van der Waals surface area contributed by atoms with E-state index in [0.29, 0.717) is 11.3 Å². The number of nitrogens with two attached hydrogens (primary N) is 1. The number of amides is 2. The van der Waals surface area contributed by atoms with Gasteiger partial charge in [0.25, 0.3) is 0 Å². The zero-order chi connectivity index (χ0) is 13.1. The van der Waals surface area contributed by atoms with Gasteiger partial charge in [0.15, 0.2) is 0 Å². The predicted octanol–water partition coefficient (Wildman–Crippen LogP) is -0.859. The third kappa shape index (κ3) is 2.49. The van der Waals surface area contributed by atoms with E-state index in [1.165, 1.54) is 0 Å². The van der Waals surface area contributed by atoms with E-state index in [1.54, 1.807) is 29.2 Å². The highest BCUT2D eigenvalue weighted by Crippen LogP contribution is 2.26. The molecule has 0 saturated carbocycles. The van der Waals surface area contributed by atoms with Gasteiger partial charge in [0.2, 0.25) is 11.8 Å². The highest BCUT2D eigenvalue weighted by molar-refractivity contribution is 6.02. The standard InChI is InChI=1S/C12H15N3O3/c13-5-10(16)8-3-1-2-4-9(8)15-6-11(17)14-12(18)7-15/h1-4,10,16H,5-7,13H2,(H,14,17,18). The Balaban J connectivity index is 2.32. The van der Waals surface area contributed by atoms with Gasteiger partial charge in [-0.3, -0.25) is 14.9 Å². The van der Waals surface area contributed by atoms with Crippen LogP contribution in [0.2, 0.25) is 0 Å². The van der Waals surface area contributed by atoms with Crippen LogP contribution in [0.5, 0.6) is 0 Å². The molecule has 1 unspecified atom stereocenters. The molecular weight excluding hydrogens is 234 g/mol. The van der Waals surface area contributed by atoms with Gasteiger partial charge in [-0.2, -0.15) is 0 Å². The third-order valence-corrected chi connectivity index (χ3v) is 2.81. The molecular formula is C12H15N3O3. The summed E-state index contributed by atoms with van der Waals surface area (Å²) in [6, 6.07) is 7.08. The molecule has 0 bridgehead atoms. The number of nitrogens with one attached hydrogen (secondary N) is 1. The molecule has 4 N–H and O–H groups in total. The number of carbonyl (C=O) groups is 2. The Morgan fingerprint density at radius 2 is 1.89 bits per heavy atom. The summed E-state index contributed by atoms with van der Waals surface area (Å²) in [5, 5.41) is 12.1. The first-order valence-electron chi connectivity index (χ1n) is 5.66. The van der Waals surface area contributed by atoms with Crippen LogP contribution >= 0.6 is 0 Å². The van der Waals surface area contributed by atoms with Gasteiger partial charge in [-0.25, -0.2) is 0 Å². The molecule has 1 atom stereocenters. The van der Waals surface area contributed by atoms with Crippen molar-refractivity contribution in [1.82, 2.24) is 5.32 Å². The van der Waals surface area contributed by atoms with Crippen LogP contribution in [0.1, 0.15) is 11.7 Å². The minimum atomic E-state index is -0.804. The minimum Gasteiger partial charge on any atom is -0.387 e. The van der Waals surface area contributed by atoms with Crippen molar-refractivity contribution in [2.45, 2.75) is 6.10 Å². The van der Waals surface area contributed by atoms with Crippen molar-refractivity contribution in [2.24, 2.45) is 5.73 Å². The van der Waals surface area contributed by atoms with Crippen molar-refractivity contribution in [3.05, 3.63) is 29.8 Å². The van der Waals surface area contributed by atoms with E-state index in [9.17, 15) is 14.7 Å². The molecule has 18 heavy (non-hydrogen) atoms. The van der Waals surface area contributed by atoms with Crippen LogP contribution in [-0.2, 0) is 9.59 Å². The van der Waals surface area contributed by atoms with Gasteiger partial charge in [0, 0.05) is 17.8 Å². The summed E-state index contributed by atoms with van der Waals surface area (Å²) in [7, 11) is 0. The van der Waals surface area contributed by atoms with Crippen LogP contribution in [0.15, 0.2) is 24.3 Å². The molecule has 0 aliphatic carbocycles. The van der Waals surface area contributed by atoms with Gasteiger partial charge in [-0.05, 0) is 6.07 Å². The maximum atomic E-state index is 11.3. The maximum Gasteiger partial charge on any atom is 0.246 e. The Morgan fingerprint density at radius 3 is 2.50 bits per heavy atom. The molecule has 0 radical (unpaired) electrons. The Bertz CT molecular complexity index is 459. The molecule has 1 heterocycles. The summed E-state index contributed by atoms with van der Waals surface area (Å²) in [4.78, 5) is 24.3. The fourth-order valence-electron chi connectivity index (χ4n) is 1.99. The minimum absolute atomic E-state index is 0.0883. The van der Waals surface area contributed by atoms with Crippen LogP contribution in [0, 0.1) is 0 Å². The van der Waals surface area contributed by atoms with Gasteiger partial charge in [-0.15, -0.1) is 0 Å². The summed E-state index contributed by atoms with van der Waals surface area (Å²) in [5.74, 6) is -0.688. The van der Waals surface area contributed by atoms with Crippen molar-refractivity contribution >= 4 is 17.5 Å². The van der Waals surface area contributed by atoms with Crippen LogP contribution in [0.3, 0.4) is 0 Å². The lowest BCUT2D eigenvalue weighted by Crippen LogP contribution is -2.51. The number of aliphatic hydroxyl groups excluding tert-OH is 1. The fourth-order valence-corrected chi connectivity index (χ4v) is 1.99. The first kappa shape index (κ1) is 12.5. The molecule has 1 fully saturated rings. The SMILES string of the molecule is NCC(O)c1ccccc1N1CC(=O)NC(=O)C1. The number of para-hydroxylation sites is 1. The smallest absolute Gasteiger partial charge is 0.246 e. The van der Waals surface area contributed by atoms with E-state index in [1.807, 2.05) is 0 Å². The number of nitrogens with zero attached hydrogens (tertiary/aromatic N) is 1. The Labute approximate surface area is 104 Å². The lowest BCUT2D eigenvalue weighted by atomic mass is 10.1. The maximum absolute atomic E-state index is 11.3. The number of carbonyl (C=O) groups excluding carboxylic acids is 2. The number of aliphatic hydroxyl groups is 1. The van der Waals surface area contributed by atoms with Crippen molar-refractivity contribution < 1.29 is 14.7 Å². The quantitative estimate of drug-likeness (QED) is 0.606. The molecule has 0 aromatic heterocycles. The van der Waals surface area contributed by atoms with Crippen LogP contribution in [0.25, 0.3) is 0 Å². The average Bonchev–Trinajstić information content (AvgIpc) is 2.36. The summed E-state index contributed by atoms with van der Waals surface area (Å²) in [5.41, 5.74) is 6.74. The van der Waals surface area contributed by atoms with E-state index in [-0.39, 0.29) is 31.4 Å². The number of hydrogen-bond donors (Lipinski definition) is 3. The molecule has 1 saturated heterocycles. The number of benzene rings is 1. The Kier molecular flexibility index (Phi) is 3.59. The summed E-state index contributed by atoms with van der Waals surface area (Å²) >= 11 is 0. The van der Waals surface area contributed by atoms with E-state index in [4.69, 9.17) is 5.73 Å². The zero-order valence-electron chi connectivity index (χ0n) is 9.80. The topological polar surface area (TPSA) is 95.7 Å². The van der Waals surface area contributed by atoms with Crippen molar-refractivity contribution in [1.29, 1.82) is 0 Å². The molecule has 2 amide bonds. The summed E-state index contributed by atoms with van der Waals surface area (Å²) in [6.07, 6.45) is -0.804. The van der Waals surface area contributed by atoms with E-state index >= 15 is 0 Å². The second kappa shape index (κ2) is 5.16. The number of hydrogen-bond acceptors (Lipinski definition) is 5. The van der Waals surface area contributed by atoms with E-state index in [2.05, 4.69) is 5.32 Å². The number of imide groups is 1. The first-order chi connectivity index (χ1) is 8.61. The Morgan fingerprint density at radius 1 is 1.28 bits per heavy atom. The van der Waals surface area contributed by atoms with Crippen molar-refractivity contribution in [3.8, 4) is 0 Å². The van der Waals surface area contributed by atoms with E-state index in [0.717, 1.165) is 0 Å². The van der Waals surface area contributed by atoms with Crippen LogP contribution < -0.4 is 16.0 Å². The van der Waals surface area contributed by atoms with Gasteiger partial charge < -0.3 is 15.7 Å². The highest BCUT2D eigenvalue weighted by Gasteiger charge is 2.25. The Hall–Kier alpha value is -1.92. The van der Waals surface area contributed by atoms with Gasteiger partial charge in [0.05, 0.1) is 19.2 Å². The summed E-state index contributed by atoms with van der Waals surface area (Å²) in [6.45, 7) is 0.283. The molecule has 1 aliphatic rings.